The number of hydrogen-bond donors (Lipinski definition) is 0. The predicted octanol–water partition coefficient (Wildman–Crippen LogP) is 15.2. The average Bonchev–Trinajstić information content (AvgIpc) is 3.63. The summed E-state index contributed by atoms with van der Waals surface area (Å²) in [5.74, 6) is 3.28. The van der Waals surface area contributed by atoms with Crippen molar-refractivity contribution in [3.8, 4) is 33.4 Å². The van der Waals surface area contributed by atoms with Crippen LogP contribution in [0.15, 0.2) is 127 Å². The number of hydrogen-bond acceptors (Lipinski definition) is 1. The highest BCUT2D eigenvalue weighted by Crippen LogP contribution is 2.70. The standard InChI is InChI=1S/C57H57N/c1-54(2)25-26-55(3,4)53-49(54)17-12-18-52(53)58(42-20-23-44-43-15-10-11-16-47(43)56(5,6)50(44)34-42)41-21-24-48-46(33-41)45-22-19-38(37-13-8-7-9-14-37)32-51(45)57(48)39-28-35-27-36(30-39)31-40(57)29-35/h7-24,32-36,39-40H,25-31H2,1-6H3. The molecule has 7 aliphatic rings. The second-order valence-electron chi connectivity index (χ2n) is 21.2. The van der Waals surface area contributed by atoms with Crippen LogP contribution in [0.2, 0.25) is 0 Å². The maximum atomic E-state index is 2.67. The van der Waals surface area contributed by atoms with E-state index in [2.05, 4.69) is 174 Å². The van der Waals surface area contributed by atoms with Gasteiger partial charge in [0.25, 0.3) is 0 Å². The zero-order valence-electron chi connectivity index (χ0n) is 35.3. The Hall–Kier alpha value is -4.88. The van der Waals surface area contributed by atoms with Crippen molar-refractivity contribution in [2.24, 2.45) is 23.7 Å². The molecule has 0 radical (unpaired) electrons. The fourth-order valence-corrected chi connectivity index (χ4v) is 14.3. The van der Waals surface area contributed by atoms with Crippen LogP contribution in [-0.2, 0) is 21.7 Å². The van der Waals surface area contributed by atoms with E-state index in [1.165, 1.54) is 118 Å². The lowest BCUT2D eigenvalue weighted by molar-refractivity contribution is -0.0399. The van der Waals surface area contributed by atoms with Crippen molar-refractivity contribution in [3.63, 3.8) is 0 Å². The van der Waals surface area contributed by atoms with Crippen LogP contribution in [0.25, 0.3) is 33.4 Å². The fourth-order valence-electron chi connectivity index (χ4n) is 14.3. The quantitative estimate of drug-likeness (QED) is 0.173. The van der Waals surface area contributed by atoms with Gasteiger partial charge < -0.3 is 4.90 Å². The van der Waals surface area contributed by atoms with E-state index in [-0.39, 0.29) is 21.7 Å². The molecule has 4 fully saturated rings. The van der Waals surface area contributed by atoms with Gasteiger partial charge in [-0.15, -0.1) is 0 Å². The Kier molecular flexibility index (Phi) is 7.18. The second-order valence-corrected chi connectivity index (χ2v) is 21.2. The molecular weight excluding hydrogens is 699 g/mol. The zero-order chi connectivity index (χ0) is 39.3. The molecule has 0 saturated heterocycles. The van der Waals surface area contributed by atoms with Crippen LogP contribution in [-0.4, -0.2) is 0 Å². The highest BCUT2D eigenvalue weighted by Gasteiger charge is 2.61. The minimum atomic E-state index is -0.0792. The summed E-state index contributed by atoms with van der Waals surface area (Å²) in [5.41, 5.74) is 21.6. The molecule has 0 N–H and O–H groups in total. The van der Waals surface area contributed by atoms with Gasteiger partial charge in [-0.05, 0) is 183 Å². The van der Waals surface area contributed by atoms with Crippen LogP contribution < -0.4 is 4.90 Å². The van der Waals surface area contributed by atoms with Crippen LogP contribution >= 0.6 is 0 Å². The number of fused-ring (bicyclic) bond motifs is 7. The van der Waals surface area contributed by atoms with Gasteiger partial charge in [0.2, 0.25) is 0 Å². The van der Waals surface area contributed by atoms with E-state index < -0.39 is 0 Å². The SMILES string of the molecule is CC1(C)CCC(C)(C)c2c(N(c3ccc4c(c3)-c3ccc(-c5ccccc5)cc3C43C4CC5CC(C4)CC3C5)c3ccc4c(c3)C(C)(C)c3ccccc3-4)cccc21. The van der Waals surface area contributed by atoms with E-state index in [9.17, 15) is 0 Å². The van der Waals surface area contributed by atoms with Gasteiger partial charge in [-0.1, -0.05) is 133 Å². The summed E-state index contributed by atoms with van der Waals surface area (Å²) in [6.07, 6.45) is 9.42. The summed E-state index contributed by atoms with van der Waals surface area (Å²) < 4.78 is 0. The monoisotopic (exact) mass is 755 g/mol. The molecule has 0 aliphatic heterocycles. The Morgan fingerprint density at radius 2 is 1.05 bits per heavy atom. The second kappa shape index (κ2) is 11.9. The van der Waals surface area contributed by atoms with E-state index >= 15 is 0 Å². The smallest absolute Gasteiger partial charge is 0.0502 e. The molecule has 290 valence electrons. The molecular formula is C57H57N. The normalized spacial score (nSPS) is 26.8. The maximum Gasteiger partial charge on any atom is 0.0502 e. The van der Waals surface area contributed by atoms with E-state index in [1.54, 1.807) is 11.1 Å². The lowest BCUT2D eigenvalue weighted by Gasteiger charge is -2.61. The van der Waals surface area contributed by atoms with Crippen molar-refractivity contribution in [2.45, 2.75) is 108 Å². The number of anilines is 3. The summed E-state index contributed by atoms with van der Waals surface area (Å²) >= 11 is 0. The third kappa shape index (κ3) is 4.65. The van der Waals surface area contributed by atoms with Gasteiger partial charge in [-0.3, -0.25) is 0 Å². The molecule has 1 nitrogen and oxygen atoms in total. The Bertz CT molecular complexity index is 2640. The lowest BCUT2D eigenvalue weighted by Crippen LogP contribution is -2.55. The molecule has 1 heteroatoms. The van der Waals surface area contributed by atoms with Crippen LogP contribution in [0.1, 0.15) is 120 Å². The van der Waals surface area contributed by atoms with Gasteiger partial charge in [0.15, 0.2) is 0 Å². The van der Waals surface area contributed by atoms with Crippen molar-refractivity contribution in [1.82, 2.24) is 0 Å². The maximum absolute atomic E-state index is 2.67. The van der Waals surface area contributed by atoms with Crippen LogP contribution in [0.5, 0.6) is 0 Å². The lowest BCUT2D eigenvalue weighted by atomic mass is 9.43. The molecule has 0 amide bonds. The van der Waals surface area contributed by atoms with Crippen molar-refractivity contribution in [2.75, 3.05) is 4.90 Å². The zero-order valence-corrected chi connectivity index (χ0v) is 35.3. The Morgan fingerprint density at radius 1 is 0.431 bits per heavy atom. The molecule has 6 aromatic rings. The van der Waals surface area contributed by atoms with Crippen LogP contribution in [0, 0.1) is 23.7 Å². The van der Waals surface area contributed by atoms with Gasteiger partial charge in [-0.25, -0.2) is 0 Å². The number of nitrogens with zero attached hydrogens (tertiary/aromatic N) is 1. The fraction of sp³-hybridized carbons (Fsp3) is 0.368. The molecule has 7 aliphatic carbocycles. The minimum Gasteiger partial charge on any atom is -0.310 e. The van der Waals surface area contributed by atoms with Gasteiger partial charge >= 0.3 is 0 Å². The third-order valence-electron chi connectivity index (χ3n) is 16.9. The molecule has 58 heavy (non-hydrogen) atoms. The summed E-state index contributed by atoms with van der Waals surface area (Å²) in [5, 5.41) is 0. The van der Waals surface area contributed by atoms with Crippen molar-refractivity contribution >= 4 is 17.1 Å². The predicted molar refractivity (Wildman–Crippen MR) is 243 cm³/mol. The Balaban J connectivity index is 1.10. The first-order valence-electron chi connectivity index (χ1n) is 22.5. The first-order valence-corrected chi connectivity index (χ1v) is 22.5. The molecule has 0 unspecified atom stereocenters. The molecule has 0 atom stereocenters. The van der Waals surface area contributed by atoms with Gasteiger partial charge in [0.1, 0.15) is 0 Å². The van der Waals surface area contributed by atoms with Crippen molar-refractivity contribution in [1.29, 1.82) is 0 Å². The van der Waals surface area contributed by atoms with Crippen LogP contribution in [0.4, 0.5) is 17.1 Å². The average molecular weight is 756 g/mol. The first-order chi connectivity index (χ1) is 27.9. The molecule has 0 aromatic heterocycles. The Morgan fingerprint density at radius 3 is 1.83 bits per heavy atom. The summed E-state index contributed by atoms with van der Waals surface area (Å²) in [6.45, 7) is 14.7. The van der Waals surface area contributed by atoms with E-state index in [4.69, 9.17) is 0 Å². The largest absolute Gasteiger partial charge is 0.310 e. The summed E-state index contributed by atoms with van der Waals surface area (Å²) in [7, 11) is 0. The molecule has 13 rings (SSSR count). The number of benzene rings is 6. The molecule has 4 saturated carbocycles. The summed E-state index contributed by atoms with van der Waals surface area (Å²) in [6, 6.07) is 50.1. The third-order valence-corrected chi connectivity index (χ3v) is 16.9. The van der Waals surface area contributed by atoms with Gasteiger partial charge in [0, 0.05) is 22.2 Å². The highest BCUT2D eigenvalue weighted by atomic mass is 15.1. The highest BCUT2D eigenvalue weighted by molar-refractivity contribution is 5.91. The summed E-state index contributed by atoms with van der Waals surface area (Å²) in [4.78, 5) is 2.67. The molecule has 1 spiro atoms. The number of rotatable bonds is 4. The van der Waals surface area contributed by atoms with Gasteiger partial charge in [0.05, 0.1) is 5.69 Å². The van der Waals surface area contributed by atoms with E-state index in [1.807, 2.05) is 0 Å². The van der Waals surface area contributed by atoms with Gasteiger partial charge in [-0.2, -0.15) is 0 Å². The minimum absolute atomic E-state index is 0.0491. The van der Waals surface area contributed by atoms with Crippen molar-refractivity contribution in [3.05, 3.63) is 161 Å². The van der Waals surface area contributed by atoms with E-state index in [0.29, 0.717) is 0 Å². The molecule has 4 bridgehead atoms. The van der Waals surface area contributed by atoms with Crippen molar-refractivity contribution < 1.29 is 0 Å². The molecule has 0 heterocycles. The Labute approximate surface area is 346 Å². The molecule has 6 aromatic carbocycles. The first kappa shape index (κ1) is 35.1. The van der Waals surface area contributed by atoms with Crippen LogP contribution in [0.3, 0.4) is 0 Å². The topological polar surface area (TPSA) is 3.24 Å². The van der Waals surface area contributed by atoms with E-state index in [0.717, 1.165) is 23.7 Å².